The Kier molecular flexibility index (Phi) is 5.05. The van der Waals surface area contributed by atoms with E-state index < -0.39 is 6.10 Å². The van der Waals surface area contributed by atoms with E-state index in [1.54, 1.807) is 19.1 Å². The minimum absolute atomic E-state index is 0.262. The molecule has 128 valence electrons. The average Bonchev–Trinajstić information content (AvgIpc) is 2.61. The maximum Gasteiger partial charge on any atom is 0.252 e. The first kappa shape index (κ1) is 17.0. The van der Waals surface area contributed by atoms with Gasteiger partial charge in [0.15, 0.2) is 0 Å². The van der Waals surface area contributed by atoms with Crippen molar-refractivity contribution in [2.45, 2.75) is 19.4 Å². The molecule has 1 aromatic heterocycles. The Bertz CT molecular complexity index is 892. The molecule has 4 nitrogen and oxygen atoms in total. The van der Waals surface area contributed by atoms with Crippen molar-refractivity contribution in [1.29, 1.82) is 0 Å². The molecule has 25 heavy (non-hydrogen) atoms. The Balaban J connectivity index is 1.70. The molecule has 0 unspecified atom stereocenters. The predicted octanol–water partition coefficient (Wildman–Crippen LogP) is 3.54. The van der Waals surface area contributed by atoms with Gasteiger partial charge < -0.3 is 10.4 Å². The Labute approximate surface area is 145 Å². The van der Waals surface area contributed by atoms with Gasteiger partial charge >= 0.3 is 0 Å². The number of nitrogens with zero attached hydrogens (tertiary/aromatic N) is 1. The molecule has 5 heteroatoms. The van der Waals surface area contributed by atoms with Gasteiger partial charge in [0.25, 0.3) is 5.91 Å². The molecule has 2 aromatic carbocycles. The third-order valence-electron chi connectivity index (χ3n) is 4.03. The quantitative estimate of drug-likeness (QED) is 0.748. The number of rotatable bonds is 5. The third-order valence-corrected chi connectivity index (χ3v) is 4.03. The van der Waals surface area contributed by atoms with Gasteiger partial charge in [-0.15, -0.1) is 0 Å². The van der Waals surface area contributed by atoms with E-state index in [9.17, 15) is 14.3 Å². The molecule has 0 saturated heterocycles. The van der Waals surface area contributed by atoms with Crippen LogP contribution in [0.25, 0.3) is 10.9 Å². The number of aryl methyl sites for hydroxylation is 1. The second kappa shape index (κ2) is 7.40. The summed E-state index contributed by atoms with van der Waals surface area (Å²) in [4.78, 5) is 16.8. The number of fused-ring (bicyclic) bond motifs is 1. The van der Waals surface area contributed by atoms with Crippen LogP contribution in [0.15, 0.2) is 54.6 Å². The fourth-order valence-electron chi connectivity index (χ4n) is 2.78. The number of benzene rings is 2. The Morgan fingerprint density at radius 3 is 2.72 bits per heavy atom. The molecular formula is C20H19FN2O2. The highest BCUT2D eigenvalue weighted by Crippen LogP contribution is 2.20. The largest absolute Gasteiger partial charge is 0.388 e. The van der Waals surface area contributed by atoms with Crippen LogP contribution >= 0.6 is 0 Å². The van der Waals surface area contributed by atoms with Gasteiger partial charge in [-0.3, -0.25) is 9.78 Å². The first-order valence-corrected chi connectivity index (χ1v) is 8.13. The molecule has 0 saturated carbocycles. The number of nitrogens with one attached hydrogen (secondary N) is 1. The van der Waals surface area contributed by atoms with Crippen molar-refractivity contribution in [2.24, 2.45) is 0 Å². The van der Waals surface area contributed by atoms with Crippen molar-refractivity contribution < 1.29 is 14.3 Å². The summed E-state index contributed by atoms with van der Waals surface area (Å²) in [5.41, 5.74) is 2.37. The highest BCUT2D eigenvalue weighted by Gasteiger charge is 2.13. The molecule has 0 bridgehead atoms. The lowest BCUT2D eigenvalue weighted by molar-refractivity contribution is 0.0944. The number of carbonyl (C=O) groups excluding carboxylic acids is 1. The van der Waals surface area contributed by atoms with E-state index in [2.05, 4.69) is 10.3 Å². The summed E-state index contributed by atoms with van der Waals surface area (Å²) in [6, 6.07) is 15.2. The molecule has 0 radical (unpaired) electrons. The van der Waals surface area contributed by atoms with Crippen LogP contribution in [0.3, 0.4) is 0 Å². The van der Waals surface area contributed by atoms with Crippen LogP contribution in [0, 0.1) is 12.7 Å². The molecule has 1 amide bonds. The minimum atomic E-state index is -0.633. The van der Waals surface area contributed by atoms with Crippen LogP contribution in [0.5, 0.6) is 0 Å². The zero-order chi connectivity index (χ0) is 17.8. The van der Waals surface area contributed by atoms with Gasteiger partial charge in [0.2, 0.25) is 0 Å². The SMILES string of the molecule is Cc1cc(C(=O)NCC[C@H](O)c2ccccc2)c2ccc(F)cc2n1. The number of hydrogen-bond acceptors (Lipinski definition) is 3. The zero-order valence-electron chi connectivity index (χ0n) is 13.9. The van der Waals surface area contributed by atoms with Gasteiger partial charge in [-0.25, -0.2) is 4.39 Å². The van der Waals surface area contributed by atoms with Crippen LogP contribution in [0.2, 0.25) is 0 Å². The monoisotopic (exact) mass is 338 g/mol. The fourth-order valence-corrected chi connectivity index (χ4v) is 2.78. The van der Waals surface area contributed by atoms with Gasteiger partial charge in [-0.1, -0.05) is 30.3 Å². The van der Waals surface area contributed by atoms with E-state index in [0.717, 1.165) is 5.56 Å². The Morgan fingerprint density at radius 2 is 1.96 bits per heavy atom. The molecule has 3 aromatic rings. The van der Waals surface area contributed by atoms with Crippen molar-refractivity contribution in [2.75, 3.05) is 6.54 Å². The molecule has 1 atom stereocenters. The first-order valence-electron chi connectivity index (χ1n) is 8.13. The lowest BCUT2D eigenvalue weighted by Gasteiger charge is -2.12. The summed E-state index contributed by atoms with van der Waals surface area (Å²) in [6.07, 6.45) is -0.224. The molecule has 0 spiro atoms. The van der Waals surface area contributed by atoms with Crippen LogP contribution < -0.4 is 5.32 Å². The lowest BCUT2D eigenvalue weighted by atomic mass is 10.1. The van der Waals surface area contributed by atoms with E-state index in [0.29, 0.717) is 35.1 Å². The molecule has 3 rings (SSSR count). The Hall–Kier alpha value is -2.79. The van der Waals surface area contributed by atoms with Crippen molar-refractivity contribution in [3.05, 3.63) is 77.2 Å². The van der Waals surface area contributed by atoms with E-state index in [-0.39, 0.29) is 11.7 Å². The molecule has 0 aliphatic heterocycles. The highest BCUT2D eigenvalue weighted by molar-refractivity contribution is 6.06. The van der Waals surface area contributed by atoms with Gasteiger partial charge in [0, 0.05) is 23.7 Å². The topological polar surface area (TPSA) is 62.2 Å². The number of pyridine rings is 1. The third kappa shape index (κ3) is 4.00. The summed E-state index contributed by atoms with van der Waals surface area (Å²) in [5, 5.41) is 13.6. The maximum absolute atomic E-state index is 13.4. The van der Waals surface area contributed by atoms with Gasteiger partial charge in [-0.05, 0) is 37.1 Å². The smallest absolute Gasteiger partial charge is 0.252 e. The maximum atomic E-state index is 13.4. The second-order valence-corrected chi connectivity index (χ2v) is 5.94. The number of amides is 1. The van der Waals surface area contributed by atoms with Gasteiger partial charge in [-0.2, -0.15) is 0 Å². The number of hydrogen-bond donors (Lipinski definition) is 2. The second-order valence-electron chi connectivity index (χ2n) is 5.94. The average molecular weight is 338 g/mol. The van der Waals surface area contributed by atoms with E-state index >= 15 is 0 Å². The van der Waals surface area contributed by atoms with Crippen molar-refractivity contribution >= 4 is 16.8 Å². The van der Waals surface area contributed by atoms with Crippen molar-refractivity contribution in [3.8, 4) is 0 Å². The number of aliphatic hydroxyl groups excluding tert-OH is 1. The van der Waals surface area contributed by atoms with Crippen molar-refractivity contribution in [1.82, 2.24) is 10.3 Å². The zero-order valence-corrected chi connectivity index (χ0v) is 13.9. The summed E-state index contributed by atoms with van der Waals surface area (Å²) in [5.74, 6) is -0.648. The number of aromatic nitrogens is 1. The van der Waals surface area contributed by atoms with E-state index in [1.807, 2.05) is 30.3 Å². The standard InChI is InChI=1S/C20H19FN2O2/c1-13-11-17(16-8-7-15(21)12-18(16)23-13)20(25)22-10-9-19(24)14-5-3-2-4-6-14/h2-8,11-12,19,24H,9-10H2,1H3,(H,22,25)/t19-/m0/s1. The normalized spacial score (nSPS) is 12.1. The number of aliphatic hydroxyl groups is 1. The van der Waals surface area contributed by atoms with Crippen molar-refractivity contribution in [3.63, 3.8) is 0 Å². The number of carbonyl (C=O) groups is 1. The summed E-state index contributed by atoms with van der Waals surface area (Å²) < 4.78 is 13.4. The molecule has 0 fully saturated rings. The van der Waals surface area contributed by atoms with Gasteiger partial charge in [0.05, 0.1) is 17.2 Å². The lowest BCUT2D eigenvalue weighted by Crippen LogP contribution is -2.26. The number of halogens is 1. The fraction of sp³-hybridized carbons (Fsp3) is 0.200. The molecule has 2 N–H and O–H groups in total. The van der Waals surface area contributed by atoms with Gasteiger partial charge in [0.1, 0.15) is 5.82 Å². The molecule has 0 aliphatic carbocycles. The molecule has 0 aliphatic rings. The molecular weight excluding hydrogens is 319 g/mol. The summed E-state index contributed by atoms with van der Waals surface area (Å²) >= 11 is 0. The predicted molar refractivity (Wildman–Crippen MR) is 94.8 cm³/mol. The Morgan fingerprint density at radius 1 is 1.20 bits per heavy atom. The van der Waals surface area contributed by atoms with E-state index in [4.69, 9.17) is 0 Å². The first-order chi connectivity index (χ1) is 12.0. The summed E-state index contributed by atoms with van der Waals surface area (Å²) in [6.45, 7) is 2.10. The van der Waals surface area contributed by atoms with Crippen LogP contribution in [0.4, 0.5) is 4.39 Å². The van der Waals surface area contributed by atoms with Crippen LogP contribution in [0.1, 0.15) is 34.1 Å². The molecule has 1 heterocycles. The summed E-state index contributed by atoms with van der Waals surface area (Å²) in [7, 11) is 0. The minimum Gasteiger partial charge on any atom is -0.388 e. The van der Waals surface area contributed by atoms with E-state index in [1.165, 1.54) is 12.1 Å². The highest BCUT2D eigenvalue weighted by atomic mass is 19.1. The van der Waals surface area contributed by atoms with Crippen LogP contribution in [-0.4, -0.2) is 22.5 Å². The van der Waals surface area contributed by atoms with Crippen LogP contribution in [-0.2, 0) is 0 Å².